The van der Waals surface area contributed by atoms with E-state index in [1.54, 1.807) is 0 Å². The number of aromatic hydroxyl groups is 1. The van der Waals surface area contributed by atoms with Crippen LogP contribution in [0.2, 0.25) is 0 Å². The summed E-state index contributed by atoms with van der Waals surface area (Å²) in [6.45, 7) is 12.6. The molecule has 5 heteroatoms. The van der Waals surface area contributed by atoms with Gasteiger partial charge in [-0.2, -0.15) is 0 Å². The predicted octanol–water partition coefficient (Wildman–Crippen LogP) is 4.01. The lowest BCUT2D eigenvalue weighted by Crippen LogP contribution is -2.15. The lowest BCUT2D eigenvalue weighted by Gasteiger charge is -2.02. The van der Waals surface area contributed by atoms with Crippen molar-refractivity contribution in [1.82, 2.24) is 9.97 Å². The van der Waals surface area contributed by atoms with Crippen molar-refractivity contribution in [2.45, 2.75) is 80.1 Å². The van der Waals surface area contributed by atoms with Gasteiger partial charge in [0, 0.05) is 27.5 Å². The van der Waals surface area contributed by atoms with Gasteiger partial charge in [0.25, 0.3) is 5.91 Å². The van der Waals surface area contributed by atoms with E-state index in [2.05, 4.69) is 55.7 Å². The highest BCUT2D eigenvalue weighted by atomic mass is 16.3. The highest BCUT2D eigenvalue weighted by Crippen LogP contribution is 2.26. The molecule has 1 aliphatic heterocycles. The third-order valence-electron chi connectivity index (χ3n) is 6.36. The molecule has 3 heterocycles. The summed E-state index contributed by atoms with van der Waals surface area (Å²) in [6.07, 6.45) is 9.11. The van der Waals surface area contributed by atoms with Crippen molar-refractivity contribution in [2.75, 3.05) is 0 Å². The first kappa shape index (κ1) is 22.9. The second kappa shape index (κ2) is 9.54. The summed E-state index contributed by atoms with van der Waals surface area (Å²) in [7, 11) is 0. The minimum Gasteiger partial charge on any atom is -0.494 e. The van der Waals surface area contributed by atoms with Gasteiger partial charge >= 0.3 is 0 Å². The average Bonchev–Trinajstić information content (AvgIpc) is 3.36. The number of hydrogen-bond donors (Lipinski definition) is 3. The van der Waals surface area contributed by atoms with Gasteiger partial charge < -0.3 is 15.1 Å². The predicted molar refractivity (Wildman–Crippen MR) is 128 cm³/mol. The van der Waals surface area contributed by atoms with Gasteiger partial charge in [-0.3, -0.25) is 4.79 Å². The fourth-order valence-corrected chi connectivity index (χ4v) is 4.85. The smallest absolute Gasteiger partial charge is 0.273 e. The van der Waals surface area contributed by atoms with Gasteiger partial charge in [0.1, 0.15) is 0 Å². The summed E-state index contributed by atoms with van der Waals surface area (Å²) in [5.41, 5.74) is 8.32. The van der Waals surface area contributed by atoms with E-state index in [9.17, 15) is 9.90 Å². The maximum Gasteiger partial charge on any atom is 0.273 e. The van der Waals surface area contributed by atoms with Crippen molar-refractivity contribution in [3.8, 4) is 5.88 Å². The molecule has 0 atom stereocenters. The SMILES string of the molecule is CCC1=C(CC)C(/C=c2\[nH]/c(=C\c3[nH]c(O)c(CC)c3CC)c(CC)c2CC)=NC1=O. The molecule has 5 nitrogen and oxygen atoms in total. The molecule has 0 radical (unpaired) electrons. The van der Waals surface area contributed by atoms with Crippen LogP contribution in [0.25, 0.3) is 12.2 Å². The number of carbonyl (C=O) groups excluding carboxylic acids is 1. The fraction of sp³-hybridized carbons (Fsp3) is 0.462. The van der Waals surface area contributed by atoms with Gasteiger partial charge in [-0.25, -0.2) is 4.99 Å². The molecule has 0 unspecified atom stereocenters. The maximum atomic E-state index is 12.3. The van der Waals surface area contributed by atoms with Crippen molar-refractivity contribution in [1.29, 1.82) is 0 Å². The number of aromatic nitrogens is 2. The molecule has 2 aromatic heterocycles. The molecule has 3 N–H and O–H groups in total. The zero-order chi connectivity index (χ0) is 22.7. The standard InChI is InChI=1S/C26H35N3O2/c1-7-15-16(8-2)22(14-24-18(10-4)20(12-6)26(31)29-24)27-21(15)13-23-17(9-3)19(11-5)25(30)28-23/h13-14,27-28,30H,7-12H2,1-6H3/b21-13-,22-14-. The van der Waals surface area contributed by atoms with Crippen molar-refractivity contribution in [3.05, 3.63) is 49.8 Å². The van der Waals surface area contributed by atoms with E-state index in [0.717, 1.165) is 76.5 Å². The van der Waals surface area contributed by atoms with Crippen molar-refractivity contribution in [3.63, 3.8) is 0 Å². The minimum atomic E-state index is -0.0979. The number of aliphatic imine (C=N–C) groups is 1. The van der Waals surface area contributed by atoms with Crippen LogP contribution in [0.4, 0.5) is 0 Å². The number of H-pyrrole nitrogens is 2. The summed E-state index contributed by atoms with van der Waals surface area (Å²) in [4.78, 5) is 23.4. The summed E-state index contributed by atoms with van der Waals surface area (Å²) in [5.74, 6) is 0.167. The Hall–Kier alpha value is -2.82. The van der Waals surface area contributed by atoms with Crippen LogP contribution >= 0.6 is 0 Å². The van der Waals surface area contributed by atoms with Crippen molar-refractivity contribution < 1.29 is 9.90 Å². The summed E-state index contributed by atoms with van der Waals surface area (Å²) < 4.78 is 0. The Morgan fingerprint density at radius 3 is 1.77 bits per heavy atom. The van der Waals surface area contributed by atoms with Gasteiger partial charge in [-0.15, -0.1) is 0 Å². The number of hydrogen-bond acceptors (Lipinski definition) is 2. The average molecular weight is 422 g/mol. The normalized spacial score (nSPS) is 15.5. The quantitative estimate of drug-likeness (QED) is 0.602. The lowest BCUT2D eigenvalue weighted by atomic mass is 10.00. The molecule has 31 heavy (non-hydrogen) atoms. The van der Waals surface area contributed by atoms with E-state index < -0.39 is 0 Å². The summed E-state index contributed by atoms with van der Waals surface area (Å²) >= 11 is 0. The second-order valence-corrected chi connectivity index (χ2v) is 7.92. The number of nitrogens with one attached hydrogen (secondary N) is 2. The Morgan fingerprint density at radius 2 is 1.26 bits per heavy atom. The number of amides is 1. The molecule has 0 saturated heterocycles. The number of nitrogens with zero attached hydrogens (tertiary/aromatic N) is 1. The largest absolute Gasteiger partial charge is 0.494 e. The van der Waals surface area contributed by atoms with E-state index in [4.69, 9.17) is 0 Å². The molecule has 1 aliphatic rings. The van der Waals surface area contributed by atoms with Gasteiger partial charge in [0.05, 0.1) is 5.71 Å². The first-order valence-corrected chi connectivity index (χ1v) is 11.6. The molecule has 166 valence electrons. The lowest BCUT2D eigenvalue weighted by molar-refractivity contribution is -0.114. The zero-order valence-electron chi connectivity index (χ0n) is 19.7. The molecule has 0 saturated carbocycles. The number of rotatable bonds is 8. The second-order valence-electron chi connectivity index (χ2n) is 7.92. The molecule has 2 aromatic rings. The topological polar surface area (TPSA) is 81.2 Å². The van der Waals surface area contributed by atoms with Crippen LogP contribution in [-0.4, -0.2) is 26.7 Å². The first-order valence-electron chi connectivity index (χ1n) is 11.6. The van der Waals surface area contributed by atoms with Crippen LogP contribution in [-0.2, 0) is 30.5 Å². The molecule has 1 amide bonds. The third kappa shape index (κ3) is 4.06. The molecular formula is C26H35N3O2. The fourth-order valence-electron chi connectivity index (χ4n) is 4.85. The molecule has 0 fully saturated rings. The highest BCUT2D eigenvalue weighted by molar-refractivity contribution is 6.31. The van der Waals surface area contributed by atoms with E-state index in [-0.39, 0.29) is 11.8 Å². The summed E-state index contributed by atoms with van der Waals surface area (Å²) in [5, 5.41) is 12.4. The molecule has 0 aliphatic carbocycles. The van der Waals surface area contributed by atoms with Gasteiger partial charge in [-0.05, 0) is 72.9 Å². The number of aromatic amines is 2. The van der Waals surface area contributed by atoms with Crippen LogP contribution < -0.4 is 10.7 Å². The van der Waals surface area contributed by atoms with E-state index in [1.165, 1.54) is 11.1 Å². The zero-order valence-corrected chi connectivity index (χ0v) is 19.7. The molecule has 3 rings (SSSR count). The first-order chi connectivity index (χ1) is 14.9. The molecular weight excluding hydrogens is 386 g/mol. The number of allylic oxidation sites excluding steroid dienone is 1. The van der Waals surface area contributed by atoms with Gasteiger partial charge in [-0.1, -0.05) is 41.5 Å². The van der Waals surface area contributed by atoms with Crippen LogP contribution in [0.5, 0.6) is 5.88 Å². The van der Waals surface area contributed by atoms with Crippen molar-refractivity contribution >= 4 is 23.8 Å². The highest BCUT2D eigenvalue weighted by Gasteiger charge is 2.23. The third-order valence-corrected chi connectivity index (χ3v) is 6.36. The molecule has 0 bridgehead atoms. The monoisotopic (exact) mass is 421 g/mol. The maximum absolute atomic E-state index is 12.3. The van der Waals surface area contributed by atoms with E-state index in [1.807, 2.05) is 13.0 Å². The molecule has 0 spiro atoms. The van der Waals surface area contributed by atoms with E-state index >= 15 is 0 Å². The van der Waals surface area contributed by atoms with Gasteiger partial charge in [0.2, 0.25) is 0 Å². The molecule has 0 aromatic carbocycles. The Balaban J connectivity index is 2.23. The van der Waals surface area contributed by atoms with Crippen LogP contribution in [0, 0.1) is 0 Å². The van der Waals surface area contributed by atoms with Crippen molar-refractivity contribution in [2.24, 2.45) is 4.99 Å². The Kier molecular flexibility index (Phi) is 7.04. The number of carbonyl (C=O) groups is 1. The summed E-state index contributed by atoms with van der Waals surface area (Å²) in [6, 6.07) is 0. The minimum absolute atomic E-state index is 0.0979. The Morgan fingerprint density at radius 1 is 0.710 bits per heavy atom. The van der Waals surface area contributed by atoms with Crippen LogP contribution in [0.3, 0.4) is 0 Å². The van der Waals surface area contributed by atoms with Crippen LogP contribution in [0.15, 0.2) is 16.1 Å². The van der Waals surface area contributed by atoms with Gasteiger partial charge in [0.15, 0.2) is 5.88 Å². The Labute approximate surface area is 184 Å². The van der Waals surface area contributed by atoms with Crippen LogP contribution in [0.1, 0.15) is 82.3 Å². The Bertz CT molecular complexity index is 1170. The van der Waals surface area contributed by atoms with E-state index in [0.29, 0.717) is 6.42 Å².